The predicted octanol–water partition coefficient (Wildman–Crippen LogP) is 2.53. The van der Waals surface area contributed by atoms with Gasteiger partial charge in [0.05, 0.1) is 24.4 Å². The van der Waals surface area contributed by atoms with Crippen LogP contribution in [-0.4, -0.2) is 35.0 Å². The summed E-state index contributed by atoms with van der Waals surface area (Å²) >= 11 is 1.68. The van der Waals surface area contributed by atoms with E-state index in [0.29, 0.717) is 13.1 Å². The number of thioether (sulfide) groups is 1. The minimum Gasteiger partial charge on any atom is -0.386 e. The first-order chi connectivity index (χ1) is 11.5. The van der Waals surface area contributed by atoms with Crippen molar-refractivity contribution in [1.29, 1.82) is 0 Å². The van der Waals surface area contributed by atoms with Crippen molar-refractivity contribution in [3.63, 3.8) is 0 Å². The lowest BCUT2D eigenvalue weighted by Gasteiger charge is -2.24. The molecule has 2 heterocycles. The van der Waals surface area contributed by atoms with Crippen LogP contribution in [0.1, 0.15) is 18.2 Å². The number of nitrogens with zero attached hydrogens (tertiary/aromatic N) is 5. The van der Waals surface area contributed by atoms with Crippen LogP contribution in [-0.2, 0) is 18.8 Å². The average Bonchev–Trinajstić information content (AvgIpc) is 3.15. The Hall–Kier alpha value is -2.12. The molecule has 2 aromatic heterocycles. The maximum atomic E-state index is 10.7. The lowest BCUT2D eigenvalue weighted by atomic mass is 10.1. The lowest BCUT2D eigenvalue weighted by Crippen LogP contribution is -2.35. The minimum absolute atomic E-state index is 0.382. The molecule has 1 aromatic carbocycles. The molecule has 7 heteroatoms. The Kier molecular flexibility index (Phi) is 5.01. The Morgan fingerprint density at radius 2 is 2.00 bits per heavy atom. The Balaban J connectivity index is 1.69. The van der Waals surface area contributed by atoms with Gasteiger partial charge in [0.15, 0.2) is 5.16 Å². The molecule has 1 unspecified atom stereocenters. The Bertz CT molecular complexity index is 768. The monoisotopic (exact) mass is 343 g/mol. The molecular formula is C17H21N5OS. The van der Waals surface area contributed by atoms with E-state index >= 15 is 0 Å². The maximum absolute atomic E-state index is 10.7. The van der Waals surface area contributed by atoms with Crippen LogP contribution in [0.3, 0.4) is 0 Å². The molecule has 0 fully saturated rings. The largest absolute Gasteiger partial charge is 0.386 e. The fraction of sp³-hybridized carbons (Fsp3) is 0.353. The second-order valence-corrected chi connectivity index (χ2v) is 7.10. The van der Waals surface area contributed by atoms with Crippen molar-refractivity contribution >= 4 is 11.8 Å². The fourth-order valence-corrected chi connectivity index (χ4v) is 3.54. The number of hydrogen-bond acceptors (Lipinski definition) is 5. The van der Waals surface area contributed by atoms with Crippen molar-refractivity contribution in [2.45, 2.75) is 43.4 Å². The maximum Gasteiger partial charge on any atom is 0.168 e. The van der Waals surface area contributed by atoms with Crippen molar-refractivity contribution in [2.75, 3.05) is 0 Å². The highest BCUT2D eigenvalue weighted by Crippen LogP contribution is 2.24. The van der Waals surface area contributed by atoms with Crippen LogP contribution in [0.4, 0.5) is 0 Å². The van der Waals surface area contributed by atoms with Crippen molar-refractivity contribution in [3.05, 3.63) is 60.4 Å². The highest BCUT2D eigenvalue weighted by molar-refractivity contribution is 7.98. The second-order valence-electron chi connectivity index (χ2n) is 6.16. The van der Waals surface area contributed by atoms with Gasteiger partial charge in [-0.3, -0.25) is 4.68 Å². The molecule has 0 amide bonds. The van der Waals surface area contributed by atoms with E-state index in [2.05, 4.69) is 27.2 Å². The molecule has 0 saturated heterocycles. The van der Waals surface area contributed by atoms with Crippen LogP contribution < -0.4 is 0 Å². The number of aryl methyl sites for hydroxylation is 1. The predicted molar refractivity (Wildman–Crippen MR) is 93.6 cm³/mol. The second kappa shape index (κ2) is 7.19. The standard InChI is InChI=1S/C17H21N5OS/c1-14-8-21(10-17(2,23)11-22-13-18-12-19-22)16(20-14)24-9-15-6-4-3-5-7-15/h3-8,12-13,23H,9-11H2,1-2H3. The average molecular weight is 343 g/mol. The third-order valence-corrected chi connectivity index (χ3v) is 4.61. The molecule has 0 aliphatic rings. The van der Waals surface area contributed by atoms with Crippen LogP contribution in [0.5, 0.6) is 0 Å². The summed E-state index contributed by atoms with van der Waals surface area (Å²) in [6.07, 6.45) is 5.06. The Morgan fingerprint density at radius 3 is 2.71 bits per heavy atom. The molecule has 3 rings (SSSR count). The van der Waals surface area contributed by atoms with E-state index in [0.717, 1.165) is 16.6 Å². The van der Waals surface area contributed by atoms with E-state index in [1.54, 1.807) is 29.7 Å². The van der Waals surface area contributed by atoms with Crippen LogP contribution in [0.2, 0.25) is 0 Å². The number of hydrogen-bond donors (Lipinski definition) is 1. The Labute approximate surface area is 145 Å². The van der Waals surface area contributed by atoms with E-state index in [9.17, 15) is 5.11 Å². The smallest absolute Gasteiger partial charge is 0.168 e. The molecule has 1 N–H and O–H groups in total. The first-order valence-corrected chi connectivity index (χ1v) is 8.76. The molecule has 0 aliphatic carbocycles. The first-order valence-electron chi connectivity index (χ1n) is 7.77. The van der Waals surface area contributed by atoms with Gasteiger partial charge in [0, 0.05) is 11.9 Å². The number of rotatable bonds is 7. The molecule has 3 aromatic rings. The van der Waals surface area contributed by atoms with Gasteiger partial charge in [0.2, 0.25) is 0 Å². The summed E-state index contributed by atoms with van der Waals surface area (Å²) in [4.78, 5) is 8.50. The molecule has 0 aliphatic heterocycles. The molecule has 1 atom stereocenters. The van der Waals surface area contributed by atoms with Crippen molar-refractivity contribution in [3.8, 4) is 0 Å². The van der Waals surface area contributed by atoms with E-state index in [1.807, 2.05) is 35.9 Å². The molecule has 24 heavy (non-hydrogen) atoms. The molecule has 0 spiro atoms. The quantitative estimate of drug-likeness (QED) is 0.668. The zero-order chi connectivity index (χ0) is 17.0. The van der Waals surface area contributed by atoms with E-state index in [4.69, 9.17) is 0 Å². The van der Waals surface area contributed by atoms with Crippen molar-refractivity contribution < 1.29 is 5.11 Å². The highest BCUT2D eigenvalue weighted by Gasteiger charge is 2.24. The van der Waals surface area contributed by atoms with Gasteiger partial charge in [0.25, 0.3) is 0 Å². The van der Waals surface area contributed by atoms with Gasteiger partial charge in [-0.1, -0.05) is 42.1 Å². The van der Waals surface area contributed by atoms with Gasteiger partial charge in [-0.2, -0.15) is 5.10 Å². The molecular weight excluding hydrogens is 322 g/mol. The van der Waals surface area contributed by atoms with Crippen molar-refractivity contribution in [1.82, 2.24) is 24.3 Å². The SMILES string of the molecule is Cc1cn(CC(C)(O)Cn2cncn2)c(SCc2ccccc2)n1. The van der Waals surface area contributed by atoms with Gasteiger partial charge in [-0.15, -0.1) is 0 Å². The summed E-state index contributed by atoms with van der Waals surface area (Å²) in [5, 5.41) is 15.7. The summed E-state index contributed by atoms with van der Waals surface area (Å²) in [6, 6.07) is 10.3. The summed E-state index contributed by atoms with van der Waals surface area (Å²) < 4.78 is 3.65. The zero-order valence-corrected chi connectivity index (χ0v) is 14.6. The number of benzene rings is 1. The minimum atomic E-state index is -0.942. The zero-order valence-electron chi connectivity index (χ0n) is 13.8. The molecule has 0 radical (unpaired) electrons. The third-order valence-electron chi connectivity index (χ3n) is 3.55. The molecule has 6 nitrogen and oxygen atoms in total. The number of imidazole rings is 1. The number of aromatic nitrogens is 5. The normalized spacial score (nSPS) is 13.8. The first kappa shape index (κ1) is 16.7. The van der Waals surface area contributed by atoms with Crippen LogP contribution >= 0.6 is 11.8 Å². The summed E-state index contributed by atoms with van der Waals surface area (Å²) in [6.45, 7) is 4.60. The highest BCUT2D eigenvalue weighted by atomic mass is 32.2. The lowest BCUT2D eigenvalue weighted by molar-refractivity contribution is 0.0189. The summed E-state index contributed by atoms with van der Waals surface area (Å²) in [7, 11) is 0. The van der Waals surface area contributed by atoms with Gasteiger partial charge in [0.1, 0.15) is 12.7 Å². The molecule has 0 bridgehead atoms. The van der Waals surface area contributed by atoms with Gasteiger partial charge >= 0.3 is 0 Å². The van der Waals surface area contributed by atoms with E-state index in [1.165, 1.54) is 11.9 Å². The summed E-state index contributed by atoms with van der Waals surface area (Å²) in [5.74, 6) is 0.850. The third kappa shape index (κ3) is 4.46. The van der Waals surface area contributed by atoms with Crippen LogP contribution in [0.15, 0.2) is 54.3 Å². The molecule has 0 saturated carbocycles. The molecule has 126 valence electrons. The van der Waals surface area contributed by atoms with E-state index in [-0.39, 0.29) is 0 Å². The van der Waals surface area contributed by atoms with Gasteiger partial charge in [-0.25, -0.2) is 9.97 Å². The topological polar surface area (TPSA) is 68.8 Å². The van der Waals surface area contributed by atoms with Gasteiger partial charge in [-0.05, 0) is 19.4 Å². The van der Waals surface area contributed by atoms with Crippen LogP contribution in [0.25, 0.3) is 0 Å². The van der Waals surface area contributed by atoms with Crippen molar-refractivity contribution in [2.24, 2.45) is 0 Å². The van der Waals surface area contributed by atoms with E-state index < -0.39 is 5.60 Å². The summed E-state index contributed by atoms with van der Waals surface area (Å²) in [5.41, 5.74) is 1.26. The fourth-order valence-electron chi connectivity index (χ4n) is 2.56. The van der Waals surface area contributed by atoms with Crippen LogP contribution in [0, 0.1) is 6.92 Å². The number of aliphatic hydroxyl groups is 1. The Morgan fingerprint density at radius 1 is 1.21 bits per heavy atom. The van der Waals surface area contributed by atoms with Gasteiger partial charge < -0.3 is 9.67 Å².